The van der Waals surface area contributed by atoms with Crippen LogP contribution < -0.4 is 0 Å². The molecule has 2 rings (SSSR count). The smallest absolute Gasteiger partial charge is 0.335 e. The van der Waals surface area contributed by atoms with E-state index in [1.165, 1.54) is 272 Å². The van der Waals surface area contributed by atoms with Gasteiger partial charge in [0.2, 0.25) is 0 Å². The molecular formula is C54H94NO4S+. The third-order valence-corrected chi connectivity index (χ3v) is 13.4. The molecule has 0 saturated heterocycles. The summed E-state index contributed by atoms with van der Waals surface area (Å²) in [5.74, 6) is -1.91. The summed E-state index contributed by atoms with van der Waals surface area (Å²) in [5, 5.41) is 17.6. The molecule has 0 aliphatic carbocycles. The molecule has 0 saturated carbocycles. The maximum atomic E-state index is 10.7. The Hall–Kier alpha value is -2.31. The molecule has 0 aliphatic rings. The number of carboxylic acids is 2. The average molecular weight is 853 g/mol. The zero-order valence-electron chi connectivity index (χ0n) is 39.6. The second kappa shape index (κ2) is 39.5. The van der Waals surface area contributed by atoms with Crippen LogP contribution in [0.25, 0.3) is 0 Å². The monoisotopic (exact) mass is 853 g/mol. The Morgan fingerprint density at radius 1 is 0.350 bits per heavy atom. The third-order valence-electron chi connectivity index (χ3n) is 12.4. The average Bonchev–Trinajstić information content (AvgIpc) is 3.25. The van der Waals surface area contributed by atoms with E-state index >= 15 is 0 Å². The molecule has 2 N–H and O–H groups in total. The van der Waals surface area contributed by atoms with Crippen molar-refractivity contribution in [3.05, 3.63) is 59.7 Å². The van der Waals surface area contributed by atoms with Crippen molar-refractivity contribution in [1.29, 1.82) is 0 Å². The first-order valence-corrected chi connectivity index (χ1v) is 26.3. The van der Waals surface area contributed by atoms with Gasteiger partial charge in [-0.05, 0) is 99.9 Å². The molecule has 344 valence electrons. The second-order valence-corrected chi connectivity index (χ2v) is 19.0. The molecule has 2 aromatic rings. The highest BCUT2D eigenvalue weighted by molar-refractivity contribution is 7.99. The van der Waals surface area contributed by atoms with E-state index in [2.05, 4.69) is 27.7 Å². The SMILES string of the molecule is CCCCCCCCCC[N+](CCCCCCCCCC)(CCCCCCCCCC)CCCCCCCCCC.O=C(O)c1ccc(Sc2ccc(C(=O)O)cc2)cc1. The molecule has 2 aromatic carbocycles. The summed E-state index contributed by atoms with van der Waals surface area (Å²) in [6.07, 6.45) is 46.7. The fraction of sp³-hybridized carbons (Fsp3) is 0.741. The molecule has 0 spiro atoms. The fourth-order valence-corrected chi connectivity index (χ4v) is 9.28. The minimum Gasteiger partial charge on any atom is -0.478 e. The molecule has 6 heteroatoms. The topological polar surface area (TPSA) is 74.6 Å². The van der Waals surface area contributed by atoms with Crippen LogP contribution in [0.1, 0.15) is 254 Å². The van der Waals surface area contributed by atoms with Crippen molar-refractivity contribution in [1.82, 2.24) is 0 Å². The molecule has 0 heterocycles. The van der Waals surface area contributed by atoms with Gasteiger partial charge < -0.3 is 14.7 Å². The van der Waals surface area contributed by atoms with Gasteiger partial charge >= 0.3 is 11.9 Å². The highest BCUT2D eigenvalue weighted by Gasteiger charge is 2.26. The first-order valence-electron chi connectivity index (χ1n) is 25.5. The van der Waals surface area contributed by atoms with E-state index in [0.717, 1.165) is 9.79 Å². The number of rotatable bonds is 40. The molecular weight excluding hydrogens is 759 g/mol. The van der Waals surface area contributed by atoms with E-state index in [0.29, 0.717) is 0 Å². The zero-order valence-corrected chi connectivity index (χ0v) is 40.5. The summed E-state index contributed by atoms with van der Waals surface area (Å²) in [6, 6.07) is 13.0. The Bertz CT molecular complexity index is 1120. The molecule has 0 radical (unpaired) electrons. The van der Waals surface area contributed by atoms with Crippen molar-refractivity contribution in [2.75, 3.05) is 26.2 Å². The van der Waals surface area contributed by atoms with Gasteiger partial charge in [0.15, 0.2) is 0 Å². The van der Waals surface area contributed by atoms with Gasteiger partial charge in [0.1, 0.15) is 0 Å². The number of quaternary nitrogens is 1. The summed E-state index contributed by atoms with van der Waals surface area (Å²) in [4.78, 5) is 23.2. The maximum Gasteiger partial charge on any atom is 0.335 e. The van der Waals surface area contributed by atoms with Gasteiger partial charge in [-0.25, -0.2) is 9.59 Å². The summed E-state index contributed by atoms with van der Waals surface area (Å²) in [7, 11) is 0. The first kappa shape index (κ1) is 55.7. The van der Waals surface area contributed by atoms with Crippen molar-refractivity contribution in [2.24, 2.45) is 0 Å². The number of carbonyl (C=O) groups is 2. The fourth-order valence-electron chi connectivity index (χ4n) is 8.46. The molecule has 0 unspecified atom stereocenters. The Morgan fingerprint density at radius 3 is 0.750 bits per heavy atom. The highest BCUT2D eigenvalue weighted by atomic mass is 32.2. The normalized spacial score (nSPS) is 11.4. The molecule has 5 nitrogen and oxygen atoms in total. The van der Waals surface area contributed by atoms with Crippen molar-refractivity contribution >= 4 is 23.7 Å². The standard InChI is InChI=1S/C40H84N.C14H10O4S/c1-5-9-13-17-21-25-29-33-37-41(38-34-30-26-22-18-14-10-6-2,39-35-31-27-23-19-15-11-7-3)40-36-32-28-24-20-16-12-8-4;15-13(16)9-1-5-11(6-2-9)19-12-7-3-10(4-8-12)14(17)18/h5-40H2,1-4H3;1-8H,(H,15,16)(H,17,18)/q+1;. The predicted octanol–water partition coefficient (Wildman–Crippen LogP) is 17.6. The summed E-state index contributed by atoms with van der Waals surface area (Å²) in [6.45, 7) is 15.3. The molecule has 0 aromatic heterocycles. The van der Waals surface area contributed by atoms with Gasteiger partial charge in [0, 0.05) is 9.79 Å². The van der Waals surface area contributed by atoms with Gasteiger partial charge in [-0.2, -0.15) is 0 Å². The molecule has 0 atom stereocenters. The van der Waals surface area contributed by atoms with Gasteiger partial charge in [0.25, 0.3) is 0 Å². The Balaban J connectivity index is 0.000000778. The van der Waals surface area contributed by atoms with Crippen LogP contribution in [0, 0.1) is 0 Å². The summed E-state index contributed by atoms with van der Waals surface area (Å²) < 4.78 is 1.48. The Kier molecular flexibility index (Phi) is 36.7. The molecule has 0 aliphatic heterocycles. The number of carboxylic acid groups (broad SMARTS) is 2. The lowest BCUT2D eigenvalue weighted by Gasteiger charge is -2.40. The minimum absolute atomic E-state index is 0.241. The van der Waals surface area contributed by atoms with Gasteiger partial charge in [-0.1, -0.05) is 194 Å². The van der Waals surface area contributed by atoms with Crippen LogP contribution in [0.4, 0.5) is 0 Å². The quantitative estimate of drug-likeness (QED) is 0.0516. The third kappa shape index (κ3) is 30.7. The predicted molar refractivity (Wildman–Crippen MR) is 261 cm³/mol. The molecule has 0 fully saturated rings. The van der Waals surface area contributed by atoms with E-state index in [9.17, 15) is 9.59 Å². The van der Waals surface area contributed by atoms with Crippen molar-refractivity contribution in [3.63, 3.8) is 0 Å². The van der Waals surface area contributed by atoms with Crippen LogP contribution >= 0.6 is 11.8 Å². The van der Waals surface area contributed by atoms with Crippen molar-refractivity contribution < 1.29 is 24.3 Å². The Morgan fingerprint density at radius 2 is 0.550 bits per heavy atom. The number of unbranched alkanes of at least 4 members (excludes halogenated alkanes) is 28. The maximum absolute atomic E-state index is 10.7. The van der Waals surface area contributed by atoms with E-state index < -0.39 is 11.9 Å². The van der Waals surface area contributed by atoms with E-state index in [4.69, 9.17) is 10.2 Å². The van der Waals surface area contributed by atoms with Crippen LogP contribution in [-0.4, -0.2) is 52.8 Å². The van der Waals surface area contributed by atoms with Crippen LogP contribution in [0.2, 0.25) is 0 Å². The van der Waals surface area contributed by atoms with Crippen molar-refractivity contribution in [2.45, 2.75) is 243 Å². The van der Waals surface area contributed by atoms with Gasteiger partial charge in [0.05, 0.1) is 37.3 Å². The molecule has 60 heavy (non-hydrogen) atoms. The molecule has 0 amide bonds. The number of nitrogens with zero attached hydrogens (tertiary/aromatic N) is 1. The first-order chi connectivity index (χ1) is 29.3. The lowest BCUT2D eigenvalue weighted by Crippen LogP contribution is -2.50. The number of benzene rings is 2. The molecule has 0 bridgehead atoms. The minimum atomic E-state index is -0.956. The number of hydrogen-bond donors (Lipinski definition) is 2. The van der Waals surface area contributed by atoms with Crippen LogP contribution in [-0.2, 0) is 0 Å². The van der Waals surface area contributed by atoms with Crippen LogP contribution in [0.15, 0.2) is 58.3 Å². The van der Waals surface area contributed by atoms with Crippen LogP contribution in [0.5, 0.6) is 0 Å². The lowest BCUT2D eigenvalue weighted by atomic mass is 10.0. The number of aromatic carboxylic acids is 2. The van der Waals surface area contributed by atoms with Gasteiger partial charge in [-0.15, -0.1) is 0 Å². The highest BCUT2D eigenvalue weighted by Crippen LogP contribution is 2.28. The largest absolute Gasteiger partial charge is 0.478 e. The van der Waals surface area contributed by atoms with Crippen LogP contribution in [0.3, 0.4) is 0 Å². The second-order valence-electron chi connectivity index (χ2n) is 17.9. The Labute approximate surface area is 375 Å². The zero-order chi connectivity index (χ0) is 43.8. The summed E-state index contributed by atoms with van der Waals surface area (Å²) in [5.41, 5.74) is 0.483. The van der Waals surface area contributed by atoms with Gasteiger partial charge in [-0.3, -0.25) is 0 Å². The lowest BCUT2D eigenvalue weighted by molar-refractivity contribution is -0.929. The van der Waals surface area contributed by atoms with Crippen molar-refractivity contribution in [3.8, 4) is 0 Å². The van der Waals surface area contributed by atoms with E-state index in [-0.39, 0.29) is 11.1 Å². The number of hydrogen-bond acceptors (Lipinski definition) is 3. The van der Waals surface area contributed by atoms with E-state index in [1.54, 1.807) is 24.3 Å². The van der Waals surface area contributed by atoms with E-state index in [1.807, 2.05) is 0 Å². The summed E-state index contributed by atoms with van der Waals surface area (Å²) >= 11 is 1.44.